The number of anilines is 3. The van der Waals surface area contributed by atoms with Crippen LogP contribution in [0.4, 0.5) is 17.1 Å². The van der Waals surface area contributed by atoms with Crippen LogP contribution in [0, 0.1) is 0 Å². The second-order valence-electron chi connectivity index (χ2n) is 13.0. The summed E-state index contributed by atoms with van der Waals surface area (Å²) >= 11 is 0. The molecule has 0 atom stereocenters. The lowest BCUT2D eigenvalue weighted by atomic mass is 9.87. The summed E-state index contributed by atoms with van der Waals surface area (Å²) in [5.74, 6) is 0. The molecular formula is C50H35N. The number of fused-ring (bicyclic) bond motifs is 2. The van der Waals surface area contributed by atoms with Crippen molar-refractivity contribution in [3.63, 3.8) is 0 Å². The molecule has 0 spiro atoms. The molecule has 0 aromatic heterocycles. The van der Waals surface area contributed by atoms with Gasteiger partial charge in [-0.05, 0) is 109 Å². The van der Waals surface area contributed by atoms with E-state index in [-0.39, 0.29) is 0 Å². The minimum atomic E-state index is 1.10. The molecule has 0 heterocycles. The van der Waals surface area contributed by atoms with Gasteiger partial charge in [-0.15, -0.1) is 0 Å². The van der Waals surface area contributed by atoms with Gasteiger partial charge in [-0.3, -0.25) is 0 Å². The third-order valence-electron chi connectivity index (χ3n) is 9.85. The lowest BCUT2D eigenvalue weighted by Crippen LogP contribution is -2.10. The van der Waals surface area contributed by atoms with Gasteiger partial charge in [-0.2, -0.15) is 0 Å². The van der Waals surface area contributed by atoms with Crippen LogP contribution in [0.5, 0.6) is 0 Å². The van der Waals surface area contributed by atoms with Crippen LogP contribution in [0.25, 0.3) is 66.1 Å². The Morgan fingerprint density at radius 3 is 1.14 bits per heavy atom. The zero-order valence-corrected chi connectivity index (χ0v) is 28.2. The van der Waals surface area contributed by atoms with Gasteiger partial charge in [0.2, 0.25) is 0 Å². The average molecular weight is 650 g/mol. The molecule has 0 fully saturated rings. The number of hydrogen-bond acceptors (Lipinski definition) is 1. The van der Waals surface area contributed by atoms with Gasteiger partial charge in [0.05, 0.1) is 0 Å². The Bertz CT molecular complexity index is 2450. The van der Waals surface area contributed by atoms with E-state index in [9.17, 15) is 0 Å². The first-order valence-corrected chi connectivity index (χ1v) is 17.5. The summed E-state index contributed by atoms with van der Waals surface area (Å²) in [4.78, 5) is 2.38. The summed E-state index contributed by atoms with van der Waals surface area (Å²) in [6, 6.07) is 76.7. The fraction of sp³-hybridized carbons (Fsp3) is 0. The highest BCUT2D eigenvalue weighted by atomic mass is 15.1. The van der Waals surface area contributed by atoms with E-state index in [2.05, 4.69) is 217 Å². The van der Waals surface area contributed by atoms with Crippen LogP contribution in [0.3, 0.4) is 0 Å². The molecular weight excluding hydrogens is 615 g/mol. The monoisotopic (exact) mass is 649 g/mol. The minimum Gasteiger partial charge on any atom is -0.310 e. The van der Waals surface area contributed by atoms with Gasteiger partial charge < -0.3 is 4.90 Å². The van der Waals surface area contributed by atoms with Crippen molar-refractivity contribution in [2.75, 3.05) is 4.90 Å². The molecule has 9 aromatic rings. The third-order valence-corrected chi connectivity index (χ3v) is 9.85. The Labute approximate surface area is 299 Å². The van der Waals surface area contributed by atoms with E-state index < -0.39 is 0 Å². The summed E-state index contributed by atoms with van der Waals surface area (Å²) in [6.07, 6.45) is 0. The molecule has 1 heteroatoms. The first-order valence-electron chi connectivity index (χ1n) is 17.5. The van der Waals surface area contributed by atoms with Crippen LogP contribution in [0.2, 0.25) is 0 Å². The van der Waals surface area contributed by atoms with Gasteiger partial charge in [0.1, 0.15) is 0 Å². The maximum atomic E-state index is 2.40. The Balaban J connectivity index is 1.27. The molecule has 0 aliphatic rings. The standard InChI is InChI=1S/C50H35N/c1-4-14-36(15-5-1)38-24-28-43(29-25-38)51(44-30-26-39(27-31-44)37-16-6-2-7-17-37)45-32-33-46(40-18-8-3-9-19-40)49(35-45)50-47-22-12-10-20-41(47)34-42-21-11-13-23-48(42)50/h1-35H. The molecule has 9 rings (SSSR count). The van der Waals surface area contributed by atoms with Crippen LogP contribution < -0.4 is 4.90 Å². The van der Waals surface area contributed by atoms with E-state index in [4.69, 9.17) is 0 Å². The van der Waals surface area contributed by atoms with Gasteiger partial charge in [0.25, 0.3) is 0 Å². The number of nitrogens with zero attached hydrogens (tertiary/aromatic N) is 1. The van der Waals surface area contributed by atoms with E-state index in [0.29, 0.717) is 0 Å². The van der Waals surface area contributed by atoms with E-state index in [1.807, 2.05) is 0 Å². The third kappa shape index (κ3) is 5.86. The maximum Gasteiger partial charge on any atom is 0.0468 e. The van der Waals surface area contributed by atoms with Crippen LogP contribution >= 0.6 is 0 Å². The summed E-state index contributed by atoms with van der Waals surface area (Å²) < 4.78 is 0. The van der Waals surface area contributed by atoms with Crippen LogP contribution in [-0.4, -0.2) is 0 Å². The molecule has 0 aliphatic heterocycles. The van der Waals surface area contributed by atoms with Crippen molar-refractivity contribution in [2.24, 2.45) is 0 Å². The Hall–Kier alpha value is -6.70. The molecule has 240 valence electrons. The van der Waals surface area contributed by atoms with E-state index in [0.717, 1.165) is 17.1 Å². The first-order chi connectivity index (χ1) is 25.3. The SMILES string of the molecule is c1ccc(-c2ccc(N(c3ccc(-c4ccccc4)cc3)c3ccc(-c4ccccc4)c(-c4c5ccccc5cc5ccccc45)c3)cc2)cc1. The van der Waals surface area contributed by atoms with Gasteiger partial charge in [-0.25, -0.2) is 0 Å². The molecule has 1 nitrogen and oxygen atoms in total. The highest BCUT2D eigenvalue weighted by Gasteiger charge is 2.19. The highest BCUT2D eigenvalue weighted by Crippen LogP contribution is 2.45. The molecule has 9 aromatic carbocycles. The first kappa shape index (κ1) is 30.4. The maximum absolute atomic E-state index is 2.40. The molecule has 0 N–H and O–H groups in total. The van der Waals surface area contributed by atoms with Crippen molar-refractivity contribution in [1.82, 2.24) is 0 Å². The average Bonchev–Trinajstić information content (AvgIpc) is 3.21. The van der Waals surface area contributed by atoms with Gasteiger partial charge in [0.15, 0.2) is 0 Å². The van der Waals surface area contributed by atoms with Crippen molar-refractivity contribution in [3.05, 3.63) is 212 Å². The second-order valence-corrected chi connectivity index (χ2v) is 13.0. The smallest absolute Gasteiger partial charge is 0.0468 e. The zero-order valence-electron chi connectivity index (χ0n) is 28.2. The second kappa shape index (κ2) is 13.3. The minimum absolute atomic E-state index is 1.10. The summed E-state index contributed by atoms with van der Waals surface area (Å²) in [5.41, 5.74) is 13.0. The molecule has 0 unspecified atom stereocenters. The molecule has 0 bridgehead atoms. The van der Waals surface area contributed by atoms with E-state index in [1.165, 1.54) is 66.1 Å². The highest BCUT2D eigenvalue weighted by molar-refractivity contribution is 6.15. The van der Waals surface area contributed by atoms with Gasteiger partial charge in [0, 0.05) is 17.1 Å². The Kier molecular flexibility index (Phi) is 7.92. The number of benzene rings is 9. The van der Waals surface area contributed by atoms with Crippen molar-refractivity contribution < 1.29 is 0 Å². The van der Waals surface area contributed by atoms with Crippen LogP contribution in [-0.2, 0) is 0 Å². The molecule has 0 saturated carbocycles. The Morgan fingerprint density at radius 1 is 0.255 bits per heavy atom. The Morgan fingerprint density at radius 2 is 0.647 bits per heavy atom. The van der Waals surface area contributed by atoms with Gasteiger partial charge in [-0.1, -0.05) is 170 Å². The number of rotatable bonds is 7. The van der Waals surface area contributed by atoms with Crippen molar-refractivity contribution in [3.8, 4) is 44.5 Å². The predicted octanol–water partition coefficient (Wildman–Crippen LogP) is 14.1. The molecule has 0 amide bonds. The summed E-state index contributed by atoms with van der Waals surface area (Å²) in [7, 11) is 0. The van der Waals surface area contributed by atoms with Crippen molar-refractivity contribution >= 4 is 38.6 Å². The topological polar surface area (TPSA) is 3.24 Å². The van der Waals surface area contributed by atoms with Crippen molar-refractivity contribution in [2.45, 2.75) is 0 Å². The van der Waals surface area contributed by atoms with Crippen molar-refractivity contribution in [1.29, 1.82) is 0 Å². The number of hydrogen-bond donors (Lipinski definition) is 0. The predicted molar refractivity (Wildman–Crippen MR) is 218 cm³/mol. The quantitative estimate of drug-likeness (QED) is 0.155. The van der Waals surface area contributed by atoms with E-state index in [1.54, 1.807) is 0 Å². The largest absolute Gasteiger partial charge is 0.310 e. The fourth-order valence-electron chi connectivity index (χ4n) is 7.37. The molecule has 0 saturated heterocycles. The molecule has 0 aliphatic carbocycles. The van der Waals surface area contributed by atoms with Crippen LogP contribution in [0.15, 0.2) is 212 Å². The normalized spacial score (nSPS) is 11.1. The lowest BCUT2D eigenvalue weighted by molar-refractivity contribution is 1.28. The van der Waals surface area contributed by atoms with Crippen LogP contribution in [0.1, 0.15) is 0 Å². The van der Waals surface area contributed by atoms with Gasteiger partial charge >= 0.3 is 0 Å². The van der Waals surface area contributed by atoms with E-state index >= 15 is 0 Å². The lowest BCUT2D eigenvalue weighted by Gasteiger charge is -2.27. The molecule has 51 heavy (non-hydrogen) atoms. The summed E-state index contributed by atoms with van der Waals surface area (Å²) in [5, 5.41) is 4.97. The fourth-order valence-corrected chi connectivity index (χ4v) is 7.37. The zero-order chi connectivity index (χ0) is 34.0. The molecule has 0 radical (unpaired) electrons. The summed E-state index contributed by atoms with van der Waals surface area (Å²) in [6.45, 7) is 0.